The van der Waals surface area contributed by atoms with Crippen molar-refractivity contribution >= 4 is 6.09 Å². The van der Waals surface area contributed by atoms with Gasteiger partial charge in [0.2, 0.25) is 0 Å². The van der Waals surface area contributed by atoms with Crippen LogP contribution in [0, 0.1) is 0 Å². The number of ether oxygens (including phenoxy) is 1. The van der Waals surface area contributed by atoms with Crippen molar-refractivity contribution in [1.82, 2.24) is 40.0 Å². The number of tetrazole rings is 1. The van der Waals surface area contributed by atoms with E-state index in [-0.39, 0.29) is 12.1 Å². The van der Waals surface area contributed by atoms with Crippen molar-refractivity contribution in [3.63, 3.8) is 0 Å². The van der Waals surface area contributed by atoms with Crippen LogP contribution in [0.15, 0.2) is 48.8 Å². The van der Waals surface area contributed by atoms with Crippen LogP contribution >= 0.6 is 0 Å². The first kappa shape index (κ1) is 21.8. The van der Waals surface area contributed by atoms with Gasteiger partial charge in [-0.15, -0.1) is 5.10 Å². The molecular formula is C22H28N8O2. The molecule has 0 unspecified atom stereocenters. The Morgan fingerprint density at radius 2 is 1.69 bits per heavy atom. The van der Waals surface area contributed by atoms with Crippen molar-refractivity contribution in [2.75, 3.05) is 19.7 Å². The average molecular weight is 437 g/mol. The van der Waals surface area contributed by atoms with E-state index >= 15 is 0 Å². The van der Waals surface area contributed by atoms with Crippen LogP contribution in [0.1, 0.15) is 43.0 Å². The Labute approximate surface area is 187 Å². The summed E-state index contributed by atoms with van der Waals surface area (Å²) in [4.78, 5) is 24.9. The van der Waals surface area contributed by atoms with Crippen LogP contribution in [0.3, 0.4) is 0 Å². The number of piperidine rings is 1. The van der Waals surface area contributed by atoms with Crippen LogP contribution in [0.2, 0.25) is 0 Å². The first-order valence-corrected chi connectivity index (χ1v) is 10.9. The fraction of sp³-hybridized carbons (Fsp3) is 0.455. The molecule has 0 aromatic carbocycles. The van der Waals surface area contributed by atoms with Crippen LogP contribution in [-0.2, 0) is 24.4 Å². The molecule has 0 aliphatic carbocycles. The van der Waals surface area contributed by atoms with Gasteiger partial charge in [0.25, 0.3) is 0 Å². The third-order valence-corrected chi connectivity index (χ3v) is 5.49. The lowest BCUT2D eigenvalue weighted by molar-refractivity contribution is 0.0906. The zero-order valence-electron chi connectivity index (χ0n) is 18.2. The molecule has 10 heteroatoms. The van der Waals surface area contributed by atoms with E-state index in [0.29, 0.717) is 39.3 Å². The number of aromatic nitrogens is 6. The van der Waals surface area contributed by atoms with Gasteiger partial charge < -0.3 is 9.64 Å². The molecule has 0 atom stereocenters. The van der Waals surface area contributed by atoms with Gasteiger partial charge in [0.05, 0.1) is 30.6 Å². The lowest BCUT2D eigenvalue weighted by Gasteiger charge is -2.31. The van der Waals surface area contributed by atoms with Gasteiger partial charge in [-0.3, -0.25) is 14.9 Å². The SMILES string of the molecule is CCOC(=O)N1CCC(n2nnnc2CN(Cc2ccccn2)Cc2ccccn2)CC1. The van der Waals surface area contributed by atoms with Crippen LogP contribution in [-0.4, -0.2) is 65.8 Å². The Balaban J connectivity index is 1.45. The van der Waals surface area contributed by atoms with Crippen LogP contribution < -0.4 is 0 Å². The number of nitrogens with zero attached hydrogens (tertiary/aromatic N) is 8. The van der Waals surface area contributed by atoms with Crippen molar-refractivity contribution in [1.29, 1.82) is 0 Å². The molecule has 0 bridgehead atoms. The lowest BCUT2D eigenvalue weighted by Crippen LogP contribution is -2.40. The number of hydrogen-bond donors (Lipinski definition) is 0. The number of pyridine rings is 2. The van der Waals surface area contributed by atoms with E-state index < -0.39 is 0 Å². The molecule has 4 heterocycles. The Hall–Kier alpha value is -3.40. The van der Waals surface area contributed by atoms with Gasteiger partial charge in [-0.25, -0.2) is 9.48 Å². The number of carbonyl (C=O) groups is 1. The summed E-state index contributed by atoms with van der Waals surface area (Å²) >= 11 is 0. The molecule has 1 aliphatic heterocycles. The summed E-state index contributed by atoms with van der Waals surface area (Å²) < 4.78 is 7.03. The van der Waals surface area contributed by atoms with Gasteiger partial charge in [0.1, 0.15) is 0 Å². The molecule has 10 nitrogen and oxygen atoms in total. The van der Waals surface area contributed by atoms with Gasteiger partial charge in [0, 0.05) is 38.6 Å². The maximum atomic E-state index is 12.0. The highest BCUT2D eigenvalue weighted by Crippen LogP contribution is 2.23. The van der Waals surface area contributed by atoms with Crippen LogP contribution in [0.4, 0.5) is 4.79 Å². The number of carbonyl (C=O) groups excluding carboxylic acids is 1. The second-order valence-electron chi connectivity index (χ2n) is 7.74. The lowest BCUT2D eigenvalue weighted by atomic mass is 10.1. The topological polar surface area (TPSA) is 102 Å². The Bertz CT molecular complexity index is 932. The molecule has 1 aliphatic rings. The van der Waals surface area contributed by atoms with Gasteiger partial charge in [-0.1, -0.05) is 12.1 Å². The van der Waals surface area contributed by atoms with E-state index in [1.165, 1.54) is 0 Å². The first-order chi connectivity index (χ1) is 15.7. The molecule has 4 rings (SSSR count). The largest absolute Gasteiger partial charge is 0.450 e. The van der Waals surface area contributed by atoms with Gasteiger partial charge >= 0.3 is 6.09 Å². The second-order valence-corrected chi connectivity index (χ2v) is 7.74. The molecule has 0 spiro atoms. The zero-order chi connectivity index (χ0) is 22.2. The summed E-state index contributed by atoms with van der Waals surface area (Å²) in [5.41, 5.74) is 1.95. The quantitative estimate of drug-likeness (QED) is 0.531. The molecule has 0 saturated carbocycles. The van der Waals surface area contributed by atoms with E-state index in [0.717, 1.165) is 30.1 Å². The molecule has 32 heavy (non-hydrogen) atoms. The predicted octanol–water partition coefficient (Wildman–Crippen LogP) is 2.46. The monoisotopic (exact) mass is 436 g/mol. The van der Waals surface area contributed by atoms with Gasteiger partial charge in [-0.05, 0) is 54.5 Å². The number of rotatable bonds is 8. The minimum Gasteiger partial charge on any atom is -0.450 e. The minimum atomic E-state index is -0.250. The summed E-state index contributed by atoms with van der Waals surface area (Å²) in [5.74, 6) is 0.798. The second kappa shape index (κ2) is 10.8. The first-order valence-electron chi connectivity index (χ1n) is 10.9. The summed E-state index contributed by atoms with van der Waals surface area (Å²) in [5, 5.41) is 12.5. The third kappa shape index (κ3) is 5.64. The molecule has 1 fully saturated rings. The maximum Gasteiger partial charge on any atom is 0.409 e. The van der Waals surface area contributed by atoms with Gasteiger partial charge in [0.15, 0.2) is 5.82 Å². The van der Waals surface area contributed by atoms with E-state index in [1.807, 2.05) is 48.0 Å². The van der Waals surface area contributed by atoms with Crippen molar-refractivity contribution in [3.05, 3.63) is 66.0 Å². The third-order valence-electron chi connectivity index (χ3n) is 5.49. The molecule has 168 valence electrons. The summed E-state index contributed by atoms with van der Waals surface area (Å²) in [7, 11) is 0. The zero-order valence-corrected chi connectivity index (χ0v) is 18.2. The average Bonchev–Trinajstić information content (AvgIpc) is 3.29. The van der Waals surface area contributed by atoms with E-state index in [2.05, 4.69) is 30.4 Å². The van der Waals surface area contributed by atoms with E-state index in [4.69, 9.17) is 4.74 Å². The summed E-state index contributed by atoms with van der Waals surface area (Å²) in [6.07, 6.45) is 4.93. The normalized spacial score (nSPS) is 14.6. The molecule has 1 amide bonds. The van der Waals surface area contributed by atoms with E-state index in [9.17, 15) is 4.79 Å². The number of amides is 1. The van der Waals surface area contributed by atoms with Crippen molar-refractivity contribution in [3.8, 4) is 0 Å². The maximum absolute atomic E-state index is 12.0. The highest BCUT2D eigenvalue weighted by molar-refractivity contribution is 5.67. The minimum absolute atomic E-state index is 0.150. The fourth-order valence-corrected chi connectivity index (χ4v) is 3.92. The number of likely N-dealkylation sites (tertiary alicyclic amines) is 1. The molecule has 3 aromatic heterocycles. The molecule has 0 radical (unpaired) electrons. The molecule has 3 aromatic rings. The van der Waals surface area contributed by atoms with Crippen molar-refractivity contribution < 1.29 is 9.53 Å². The van der Waals surface area contributed by atoms with Crippen molar-refractivity contribution in [2.45, 2.75) is 45.4 Å². The Morgan fingerprint density at radius 1 is 1.03 bits per heavy atom. The highest BCUT2D eigenvalue weighted by atomic mass is 16.6. The van der Waals surface area contributed by atoms with Crippen molar-refractivity contribution in [2.24, 2.45) is 0 Å². The Kier molecular flexibility index (Phi) is 7.34. The smallest absolute Gasteiger partial charge is 0.409 e. The highest BCUT2D eigenvalue weighted by Gasteiger charge is 2.27. The summed E-state index contributed by atoms with van der Waals surface area (Å²) in [6.45, 7) is 5.36. The van der Waals surface area contributed by atoms with E-state index in [1.54, 1.807) is 17.3 Å². The standard InChI is InChI=1S/C22H28N8O2/c1-2-32-22(31)29-13-9-20(10-14-29)30-21(25-26-27-30)17-28(15-18-7-3-5-11-23-18)16-19-8-4-6-12-24-19/h3-8,11-12,20H,2,9-10,13-17H2,1H3. The predicted molar refractivity (Wildman–Crippen MR) is 116 cm³/mol. The number of hydrogen-bond acceptors (Lipinski definition) is 8. The fourth-order valence-electron chi connectivity index (χ4n) is 3.92. The van der Waals surface area contributed by atoms with Crippen LogP contribution in [0.25, 0.3) is 0 Å². The van der Waals surface area contributed by atoms with Gasteiger partial charge in [-0.2, -0.15) is 0 Å². The van der Waals surface area contributed by atoms with Crippen LogP contribution in [0.5, 0.6) is 0 Å². The molecular weight excluding hydrogens is 408 g/mol. The summed E-state index contributed by atoms with van der Waals surface area (Å²) in [6, 6.07) is 12.0. The molecule has 0 N–H and O–H groups in total. The Morgan fingerprint density at radius 3 is 2.25 bits per heavy atom. The molecule has 1 saturated heterocycles.